The van der Waals surface area contributed by atoms with Gasteiger partial charge in [0.25, 0.3) is 0 Å². The van der Waals surface area contributed by atoms with E-state index in [4.69, 9.17) is 37.0 Å². The SMILES string of the molecule is CCC(C)CCCCCCCCCCC(=O)O[C@H](COC(=O)CCCCCCCCC(C)C)COP(=O)(O)OC[C@@H](O)COP(=O)(O)OC[C@@H](COC(=O)CCCCCCCCC(C)CC)OC(=O)CCCCCCCCCCCCCCCCCC(C)C. The fourth-order valence-electron chi connectivity index (χ4n) is 10.4. The Morgan fingerprint density at radius 2 is 0.539 bits per heavy atom. The smallest absolute Gasteiger partial charge is 0.462 e. The number of phosphoric ester groups is 2. The Labute approximate surface area is 543 Å². The Kier molecular flexibility index (Phi) is 58.5. The lowest BCUT2D eigenvalue weighted by Gasteiger charge is -2.21. The highest BCUT2D eigenvalue weighted by Gasteiger charge is 2.30. The fourth-order valence-corrected chi connectivity index (χ4v) is 12.0. The predicted molar refractivity (Wildman–Crippen MR) is 358 cm³/mol. The van der Waals surface area contributed by atoms with E-state index in [1.165, 1.54) is 135 Å². The number of phosphoric acid groups is 2. The molecule has 0 saturated heterocycles. The third-order valence-electron chi connectivity index (χ3n) is 16.8. The van der Waals surface area contributed by atoms with E-state index in [0.717, 1.165) is 120 Å². The van der Waals surface area contributed by atoms with Gasteiger partial charge in [0.15, 0.2) is 12.2 Å². The molecule has 0 spiro atoms. The molecular formula is C70H136O17P2. The van der Waals surface area contributed by atoms with E-state index >= 15 is 0 Å². The molecule has 3 N–H and O–H groups in total. The number of esters is 4. The maximum absolute atomic E-state index is 13.0. The number of aliphatic hydroxyl groups is 1. The van der Waals surface area contributed by atoms with E-state index in [0.29, 0.717) is 31.6 Å². The Morgan fingerprint density at radius 1 is 0.315 bits per heavy atom. The Hall–Kier alpha value is -1.94. The van der Waals surface area contributed by atoms with Gasteiger partial charge in [-0.1, -0.05) is 293 Å². The standard InChI is InChI=1S/C70H136O17P2/c1-9-62(7)48-40-32-23-20-21-25-37-45-53-70(75)87-65(56-80-67(72)50-42-34-28-26-31-39-47-61(5)6)58-84-88(76,77)82-54-64(71)55-83-89(78,79)85-59-66(57-81-68(73)51-43-35-29-27-33-41-49-63(8)10-2)86-69(74)52-44-36-24-19-17-15-13-11-12-14-16-18-22-30-38-46-60(3)4/h60-66,71H,9-59H2,1-8H3,(H,76,77)(H,78,79)/t62?,63?,64-,65-,66-/m1/s1. The van der Waals surface area contributed by atoms with Crippen LogP contribution >= 0.6 is 15.6 Å². The van der Waals surface area contributed by atoms with E-state index in [1.54, 1.807) is 0 Å². The molecule has 17 nitrogen and oxygen atoms in total. The van der Waals surface area contributed by atoms with Crippen LogP contribution in [0.1, 0.15) is 344 Å². The summed E-state index contributed by atoms with van der Waals surface area (Å²) in [6.07, 6.45) is 41.9. The Bertz CT molecular complexity index is 1770. The minimum atomic E-state index is -4.95. The van der Waals surface area contributed by atoms with Crippen LogP contribution in [0.2, 0.25) is 0 Å². The Morgan fingerprint density at radius 3 is 0.798 bits per heavy atom. The van der Waals surface area contributed by atoms with Gasteiger partial charge in [-0.15, -0.1) is 0 Å². The van der Waals surface area contributed by atoms with Gasteiger partial charge in [0.1, 0.15) is 19.3 Å². The van der Waals surface area contributed by atoms with Gasteiger partial charge in [-0.05, 0) is 49.4 Å². The van der Waals surface area contributed by atoms with E-state index < -0.39 is 97.5 Å². The van der Waals surface area contributed by atoms with Crippen molar-refractivity contribution in [3.05, 3.63) is 0 Å². The Balaban J connectivity index is 5.22. The molecule has 19 heteroatoms. The van der Waals surface area contributed by atoms with Gasteiger partial charge in [0.2, 0.25) is 0 Å². The molecule has 0 aliphatic rings. The van der Waals surface area contributed by atoms with Gasteiger partial charge < -0.3 is 33.8 Å². The summed E-state index contributed by atoms with van der Waals surface area (Å²) in [5.41, 5.74) is 0. The van der Waals surface area contributed by atoms with Crippen LogP contribution in [0, 0.1) is 23.7 Å². The summed E-state index contributed by atoms with van der Waals surface area (Å²) in [5, 5.41) is 10.6. The largest absolute Gasteiger partial charge is 0.472 e. The van der Waals surface area contributed by atoms with Gasteiger partial charge in [-0.3, -0.25) is 37.3 Å². The summed E-state index contributed by atoms with van der Waals surface area (Å²) in [6.45, 7) is 14.0. The van der Waals surface area contributed by atoms with Crippen LogP contribution in [0.3, 0.4) is 0 Å². The minimum Gasteiger partial charge on any atom is -0.462 e. The lowest BCUT2D eigenvalue weighted by molar-refractivity contribution is -0.161. The average molecular weight is 1310 g/mol. The highest BCUT2D eigenvalue weighted by molar-refractivity contribution is 7.47. The molecule has 0 bridgehead atoms. The van der Waals surface area contributed by atoms with Gasteiger partial charge in [-0.2, -0.15) is 0 Å². The second-order valence-electron chi connectivity index (χ2n) is 26.7. The number of ether oxygens (including phenoxy) is 4. The number of carbonyl (C=O) groups is 4. The first-order valence-corrected chi connectivity index (χ1v) is 39.3. The van der Waals surface area contributed by atoms with Crippen LogP contribution in [-0.4, -0.2) is 96.7 Å². The van der Waals surface area contributed by atoms with Crippen molar-refractivity contribution in [1.29, 1.82) is 0 Å². The number of rotatable bonds is 67. The molecule has 0 aromatic carbocycles. The molecule has 0 heterocycles. The first kappa shape index (κ1) is 87.1. The zero-order valence-corrected chi connectivity index (χ0v) is 59.8. The zero-order chi connectivity index (χ0) is 66.1. The van der Waals surface area contributed by atoms with Crippen LogP contribution < -0.4 is 0 Å². The molecule has 528 valence electrons. The van der Waals surface area contributed by atoms with E-state index in [9.17, 15) is 43.2 Å². The summed E-state index contributed by atoms with van der Waals surface area (Å²) in [5.74, 6) is 0.849. The zero-order valence-electron chi connectivity index (χ0n) is 58.1. The molecule has 0 saturated carbocycles. The fraction of sp³-hybridized carbons (Fsp3) is 0.943. The van der Waals surface area contributed by atoms with Gasteiger partial charge >= 0.3 is 39.5 Å². The number of hydrogen-bond donors (Lipinski definition) is 3. The number of carbonyl (C=O) groups excluding carboxylic acids is 4. The maximum Gasteiger partial charge on any atom is 0.472 e. The maximum atomic E-state index is 13.0. The normalized spacial score (nSPS) is 14.9. The molecule has 7 atom stereocenters. The highest BCUT2D eigenvalue weighted by atomic mass is 31.2. The van der Waals surface area contributed by atoms with Crippen molar-refractivity contribution in [3.8, 4) is 0 Å². The third-order valence-corrected chi connectivity index (χ3v) is 18.7. The summed E-state index contributed by atoms with van der Waals surface area (Å²) in [6, 6.07) is 0. The molecular weight excluding hydrogens is 1170 g/mol. The van der Waals surface area contributed by atoms with E-state index in [2.05, 4.69) is 55.4 Å². The van der Waals surface area contributed by atoms with Crippen LogP contribution in [0.5, 0.6) is 0 Å². The van der Waals surface area contributed by atoms with Gasteiger partial charge in [0, 0.05) is 25.7 Å². The molecule has 0 fully saturated rings. The summed E-state index contributed by atoms with van der Waals surface area (Å²) in [7, 11) is -9.90. The van der Waals surface area contributed by atoms with E-state index in [-0.39, 0.29) is 25.7 Å². The molecule has 0 aromatic heterocycles. The van der Waals surface area contributed by atoms with Gasteiger partial charge in [-0.25, -0.2) is 9.13 Å². The third kappa shape index (κ3) is 62.0. The van der Waals surface area contributed by atoms with Crippen molar-refractivity contribution in [2.24, 2.45) is 23.7 Å². The summed E-state index contributed by atoms with van der Waals surface area (Å²) in [4.78, 5) is 72.5. The first-order chi connectivity index (χ1) is 42.7. The van der Waals surface area contributed by atoms with E-state index in [1.807, 2.05) is 0 Å². The first-order valence-electron chi connectivity index (χ1n) is 36.3. The average Bonchev–Trinajstić information content (AvgIpc) is 3.68. The van der Waals surface area contributed by atoms with Crippen LogP contribution in [0.25, 0.3) is 0 Å². The lowest BCUT2D eigenvalue weighted by Crippen LogP contribution is -2.30. The van der Waals surface area contributed by atoms with Crippen molar-refractivity contribution in [2.45, 2.75) is 363 Å². The lowest BCUT2D eigenvalue weighted by atomic mass is 9.99. The number of hydrogen-bond acceptors (Lipinski definition) is 15. The van der Waals surface area contributed by atoms with Crippen molar-refractivity contribution < 1.29 is 80.2 Å². The van der Waals surface area contributed by atoms with Crippen molar-refractivity contribution in [1.82, 2.24) is 0 Å². The second-order valence-corrected chi connectivity index (χ2v) is 29.6. The predicted octanol–water partition coefficient (Wildman–Crippen LogP) is 19.7. The molecule has 0 aliphatic heterocycles. The van der Waals surface area contributed by atoms with Crippen molar-refractivity contribution >= 4 is 39.5 Å². The van der Waals surface area contributed by atoms with Crippen LogP contribution in [0.4, 0.5) is 0 Å². The molecule has 89 heavy (non-hydrogen) atoms. The molecule has 0 amide bonds. The van der Waals surface area contributed by atoms with Crippen molar-refractivity contribution in [3.63, 3.8) is 0 Å². The monoisotopic (exact) mass is 1310 g/mol. The van der Waals surface area contributed by atoms with Crippen molar-refractivity contribution in [2.75, 3.05) is 39.6 Å². The molecule has 0 aliphatic carbocycles. The quantitative estimate of drug-likeness (QED) is 0.0222. The van der Waals surface area contributed by atoms with Gasteiger partial charge in [0.05, 0.1) is 26.4 Å². The van der Waals surface area contributed by atoms with Crippen LogP contribution in [-0.2, 0) is 65.4 Å². The second kappa shape index (κ2) is 59.8. The molecule has 0 rings (SSSR count). The summed E-state index contributed by atoms with van der Waals surface area (Å²) < 4.78 is 68.2. The highest BCUT2D eigenvalue weighted by Crippen LogP contribution is 2.45. The molecule has 0 aromatic rings. The number of aliphatic hydroxyl groups excluding tert-OH is 1. The molecule has 0 radical (unpaired) electrons. The topological polar surface area (TPSA) is 237 Å². The number of unbranched alkanes of at least 4 members (excludes halogenated alkanes) is 31. The summed E-state index contributed by atoms with van der Waals surface area (Å²) >= 11 is 0. The molecule has 4 unspecified atom stereocenters. The van der Waals surface area contributed by atoms with Crippen LogP contribution in [0.15, 0.2) is 0 Å². The minimum absolute atomic E-state index is 0.103.